The molecule has 0 aliphatic carbocycles. The van der Waals surface area contributed by atoms with Crippen molar-refractivity contribution in [3.8, 4) is 5.75 Å². The molecule has 1 N–H and O–H groups in total. The zero-order chi connectivity index (χ0) is 25.1. The molecule has 1 heterocycles. The number of ketones is 1. The van der Waals surface area contributed by atoms with Crippen molar-refractivity contribution >= 4 is 34.7 Å². The topological polar surface area (TPSA) is 66.8 Å². The highest BCUT2D eigenvalue weighted by Gasteiger charge is 2.47. The van der Waals surface area contributed by atoms with E-state index in [9.17, 15) is 14.7 Å². The van der Waals surface area contributed by atoms with Gasteiger partial charge >= 0.3 is 0 Å². The Morgan fingerprint density at radius 3 is 2.19 bits per heavy atom. The predicted octanol–water partition coefficient (Wildman–Crippen LogP) is 6.55. The van der Waals surface area contributed by atoms with Gasteiger partial charge in [0, 0.05) is 16.3 Å². The molecule has 1 amide bonds. The van der Waals surface area contributed by atoms with E-state index < -0.39 is 17.7 Å². The molecule has 1 aliphatic rings. The summed E-state index contributed by atoms with van der Waals surface area (Å²) in [6.07, 6.45) is 0. The maximum absolute atomic E-state index is 13.3. The third-order valence-electron chi connectivity index (χ3n) is 6.02. The molecule has 36 heavy (non-hydrogen) atoms. The Morgan fingerprint density at radius 2 is 1.50 bits per heavy atom. The lowest BCUT2D eigenvalue weighted by atomic mass is 9.95. The van der Waals surface area contributed by atoms with Crippen molar-refractivity contribution in [3.63, 3.8) is 0 Å². The van der Waals surface area contributed by atoms with Crippen molar-refractivity contribution in [2.75, 3.05) is 4.90 Å². The van der Waals surface area contributed by atoms with Gasteiger partial charge in [-0.2, -0.15) is 0 Å². The SMILES string of the molecule is O=C1C(=O)N(c2ccccc2)C(c2cccc(OCc3ccccc3)c2)/C1=C(/O)c1ccc(Cl)cc1. The molecule has 6 heteroatoms. The van der Waals surface area contributed by atoms with Gasteiger partial charge in [-0.05, 0) is 59.7 Å². The van der Waals surface area contributed by atoms with Crippen LogP contribution in [0.1, 0.15) is 22.7 Å². The Morgan fingerprint density at radius 1 is 0.833 bits per heavy atom. The highest BCUT2D eigenvalue weighted by Crippen LogP contribution is 2.42. The van der Waals surface area contributed by atoms with Crippen molar-refractivity contribution in [1.82, 2.24) is 0 Å². The number of carbonyl (C=O) groups excluding carboxylic acids is 2. The molecule has 0 aromatic heterocycles. The van der Waals surface area contributed by atoms with Gasteiger partial charge < -0.3 is 9.84 Å². The highest BCUT2D eigenvalue weighted by atomic mass is 35.5. The quantitative estimate of drug-likeness (QED) is 0.187. The Hall–Kier alpha value is -4.35. The number of aliphatic hydroxyl groups is 1. The second kappa shape index (κ2) is 10.1. The van der Waals surface area contributed by atoms with Gasteiger partial charge in [0.15, 0.2) is 0 Å². The van der Waals surface area contributed by atoms with Gasteiger partial charge in [-0.15, -0.1) is 0 Å². The number of para-hydroxylation sites is 1. The lowest BCUT2D eigenvalue weighted by Gasteiger charge is -2.25. The molecule has 0 saturated carbocycles. The number of hydrogen-bond donors (Lipinski definition) is 1. The number of Topliss-reactive ketones (excluding diaryl/α,β-unsaturated/α-hetero) is 1. The van der Waals surface area contributed by atoms with Crippen LogP contribution in [0, 0.1) is 0 Å². The maximum Gasteiger partial charge on any atom is 0.300 e. The van der Waals surface area contributed by atoms with Crippen LogP contribution in [0.25, 0.3) is 5.76 Å². The first kappa shape index (κ1) is 23.4. The lowest BCUT2D eigenvalue weighted by Crippen LogP contribution is -2.29. The summed E-state index contributed by atoms with van der Waals surface area (Å²) in [5.41, 5.74) is 2.61. The van der Waals surface area contributed by atoms with Crippen molar-refractivity contribution in [2.24, 2.45) is 0 Å². The molecule has 178 valence electrons. The summed E-state index contributed by atoms with van der Waals surface area (Å²) < 4.78 is 6.00. The van der Waals surface area contributed by atoms with Crippen molar-refractivity contribution in [2.45, 2.75) is 12.6 Å². The monoisotopic (exact) mass is 495 g/mol. The first-order chi connectivity index (χ1) is 17.5. The van der Waals surface area contributed by atoms with Crippen LogP contribution in [0.15, 0.2) is 115 Å². The summed E-state index contributed by atoms with van der Waals surface area (Å²) in [7, 11) is 0. The highest BCUT2D eigenvalue weighted by molar-refractivity contribution is 6.51. The van der Waals surface area contributed by atoms with E-state index in [-0.39, 0.29) is 11.3 Å². The van der Waals surface area contributed by atoms with E-state index in [1.54, 1.807) is 54.6 Å². The fraction of sp³-hybridized carbons (Fsp3) is 0.0667. The van der Waals surface area contributed by atoms with Gasteiger partial charge in [-0.25, -0.2) is 0 Å². The molecule has 1 aliphatic heterocycles. The van der Waals surface area contributed by atoms with Gasteiger partial charge in [0.05, 0.1) is 11.6 Å². The fourth-order valence-corrected chi connectivity index (χ4v) is 4.41. The minimum Gasteiger partial charge on any atom is -0.507 e. The summed E-state index contributed by atoms with van der Waals surface area (Å²) in [4.78, 5) is 28.0. The van der Waals surface area contributed by atoms with E-state index in [1.807, 2.05) is 54.6 Å². The molecule has 0 bridgehead atoms. The number of aliphatic hydroxyl groups excluding tert-OH is 1. The second-order valence-electron chi connectivity index (χ2n) is 8.36. The zero-order valence-electron chi connectivity index (χ0n) is 19.2. The number of nitrogens with zero attached hydrogens (tertiary/aromatic N) is 1. The molecule has 0 radical (unpaired) electrons. The number of ether oxygens (including phenoxy) is 1. The first-order valence-corrected chi connectivity index (χ1v) is 11.8. The molecule has 5 nitrogen and oxygen atoms in total. The molecule has 5 rings (SSSR count). The second-order valence-corrected chi connectivity index (χ2v) is 8.79. The standard InChI is InChI=1S/C30H22ClNO4/c31-23-16-14-21(15-17-23)28(33)26-27(32(30(35)29(26)34)24-11-5-2-6-12-24)22-10-7-13-25(18-22)36-19-20-8-3-1-4-9-20/h1-18,27,33H,19H2/b28-26-. The Bertz CT molecular complexity index is 1430. The zero-order valence-corrected chi connectivity index (χ0v) is 19.9. The van der Waals surface area contributed by atoms with Crippen LogP contribution in [-0.2, 0) is 16.2 Å². The molecular formula is C30H22ClNO4. The van der Waals surface area contributed by atoms with Crippen LogP contribution >= 0.6 is 11.6 Å². The van der Waals surface area contributed by atoms with E-state index in [0.29, 0.717) is 34.2 Å². The predicted molar refractivity (Wildman–Crippen MR) is 140 cm³/mol. The Kier molecular flexibility index (Phi) is 6.56. The lowest BCUT2D eigenvalue weighted by molar-refractivity contribution is -0.132. The maximum atomic E-state index is 13.3. The molecule has 4 aromatic carbocycles. The minimum absolute atomic E-state index is 0.00591. The van der Waals surface area contributed by atoms with Crippen molar-refractivity contribution < 1.29 is 19.4 Å². The van der Waals surface area contributed by atoms with E-state index in [1.165, 1.54) is 4.90 Å². The number of anilines is 1. The number of carbonyl (C=O) groups is 2. The van der Waals surface area contributed by atoms with Crippen LogP contribution in [-0.4, -0.2) is 16.8 Å². The smallest absolute Gasteiger partial charge is 0.300 e. The summed E-state index contributed by atoms with van der Waals surface area (Å²) in [6, 6.07) is 31.6. The number of benzene rings is 4. The van der Waals surface area contributed by atoms with Gasteiger partial charge in [0.25, 0.3) is 11.7 Å². The largest absolute Gasteiger partial charge is 0.507 e. The summed E-state index contributed by atoms with van der Waals surface area (Å²) >= 11 is 6.01. The Balaban J connectivity index is 1.60. The van der Waals surface area contributed by atoms with Gasteiger partial charge in [0.2, 0.25) is 0 Å². The molecule has 1 atom stereocenters. The summed E-state index contributed by atoms with van der Waals surface area (Å²) in [5.74, 6) is -1.14. The van der Waals surface area contributed by atoms with Crippen LogP contribution in [0.4, 0.5) is 5.69 Å². The molecule has 1 saturated heterocycles. The minimum atomic E-state index is -0.844. The summed E-state index contributed by atoms with van der Waals surface area (Å²) in [6.45, 7) is 0.369. The molecular weight excluding hydrogens is 474 g/mol. The van der Waals surface area contributed by atoms with Crippen LogP contribution in [0.5, 0.6) is 5.75 Å². The summed E-state index contributed by atoms with van der Waals surface area (Å²) in [5, 5.41) is 11.7. The normalized spacial score (nSPS) is 16.8. The third kappa shape index (κ3) is 4.61. The van der Waals surface area contributed by atoms with Crippen LogP contribution in [0.3, 0.4) is 0 Å². The van der Waals surface area contributed by atoms with Gasteiger partial charge in [0.1, 0.15) is 18.1 Å². The molecule has 4 aromatic rings. The average molecular weight is 496 g/mol. The number of amides is 1. The van der Waals surface area contributed by atoms with Crippen molar-refractivity contribution in [1.29, 1.82) is 0 Å². The van der Waals surface area contributed by atoms with Crippen LogP contribution < -0.4 is 9.64 Å². The van der Waals surface area contributed by atoms with Gasteiger partial charge in [-0.3, -0.25) is 14.5 Å². The van der Waals surface area contributed by atoms with E-state index in [0.717, 1.165) is 5.56 Å². The van der Waals surface area contributed by atoms with Crippen LogP contribution in [0.2, 0.25) is 5.02 Å². The Labute approximate surface area is 213 Å². The first-order valence-electron chi connectivity index (χ1n) is 11.4. The van der Waals surface area contributed by atoms with E-state index >= 15 is 0 Å². The molecule has 1 unspecified atom stereocenters. The number of hydrogen-bond acceptors (Lipinski definition) is 4. The average Bonchev–Trinajstić information content (AvgIpc) is 3.19. The molecule has 1 fully saturated rings. The third-order valence-corrected chi connectivity index (χ3v) is 6.27. The van der Waals surface area contributed by atoms with E-state index in [4.69, 9.17) is 16.3 Å². The van der Waals surface area contributed by atoms with E-state index in [2.05, 4.69) is 0 Å². The number of halogens is 1. The molecule has 0 spiro atoms. The number of rotatable bonds is 6. The van der Waals surface area contributed by atoms with Gasteiger partial charge in [-0.1, -0.05) is 72.3 Å². The fourth-order valence-electron chi connectivity index (χ4n) is 4.28. The van der Waals surface area contributed by atoms with Crippen molar-refractivity contribution in [3.05, 3.63) is 136 Å².